The predicted molar refractivity (Wildman–Crippen MR) is 44.5 cm³/mol. The quantitative estimate of drug-likeness (QED) is 0.524. The molecule has 0 saturated heterocycles. The van der Waals surface area contributed by atoms with Gasteiger partial charge in [0.15, 0.2) is 6.29 Å². The Kier molecular flexibility index (Phi) is 4.13. The second kappa shape index (κ2) is 4.18. The fourth-order valence-corrected chi connectivity index (χ4v) is 0.895. The summed E-state index contributed by atoms with van der Waals surface area (Å²) in [6.45, 7) is 6.47. The van der Waals surface area contributed by atoms with Crippen LogP contribution in [-0.2, 0) is 4.74 Å². The van der Waals surface area contributed by atoms with Gasteiger partial charge in [0.1, 0.15) is 6.10 Å². The van der Waals surface area contributed by atoms with Crippen molar-refractivity contribution in [3.8, 4) is 0 Å². The average Bonchev–Trinajstić information content (AvgIpc) is 1.79. The zero-order valence-corrected chi connectivity index (χ0v) is 7.98. The van der Waals surface area contributed by atoms with E-state index in [4.69, 9.17) is 14.9 Å². The molecule has 0 aromatic rings. The summed E-state index contributed by atoms with van der Waals surface area (Å²) in [4.78, 5) is 0. The molecule has 0 aliphatic heterocycles. The van der Waals surface area contributed by atoms with Gasteiger partial charge in [0.05, 0.1) is 11.7 Å². The van der Waals surface area contributed by atoms with E-state index in [9.17, 15) is 5.11 Å². The SMILES string of the molecule is CC(C)OC(C(O)O)C(C)(C)O. The molecule has 74 valence electrons. The van der Waals surface area contributed by atoms with Crippen LogP contribution in [0.15, 0.2) is 0 Å². The minimum Gasteiger partial charge on any atom is -0.388 e. The Morgan fingerprint density at radius 2 is 1.58 bits per heavy atom. The Morgan fingerprint density at radius 1 is 1.17 bits per heavy atom. The number of aliphatic hydroxyl groups excluding tert-OH is 1. The molecule has 0 rings (SSSR count). The molecule has 1 atom stereocenters. The van der Waals surface area contributed by atoms with Crippen molar-refractivity contribution in [3.05, 3.63) is 0 Å². The number of ether oxygens (including phenoxy) is 1. The highest BCUT2D eigenvalue weighted by atomic mass is 16.6. The van der Waals surface area contributed by atoms with Crippen LogP contribution < -0.4 is 0 Å². The maximum absolute atomic E-state index is 9.45. The molecule has 0 fully saturated rings. The molecule has 0 saturated carbocycles. The molecule has 4 heteroatoms. The smallest absolute Gasteiger partial charge is 0.181 e. The molecule has 3 N–H and O–H groups in total. The first-order valence-electron chi connectivity index (χ1n) is 3.99. The van der Waals surface area contributed by atoms with Gasteiger partial charge in [-0.15, -0.1) is 0 Å². The number of hydrogen-bond donors (Lipinski definition) is 3. The zero-order chi connectivity index (χ0) is 9.94. The minimum atomic E-state index is -1.66. The summed E-state index contributed by atoms with van der Waals surface area (Å²) in [5, 5.41) is 27.2. The molecule has 0 aliphatic carbocycles. The predicted octanol–water partition coefficient (Wildman–Crippen LogP) is -0.138. The molecule has 0 heterocycles. The van der Waals surface area contributed by atoms with E-state index in [1.165, 1.54) is 13.8 Å². The van der Waals surface area contributed by atoms with Gasteiger partial charge in [0.2, 0.25) is 0 Å². The van der Waals surface area contributed by atoms with Crippen LogP contribution >= 0.6 is 0 Å². The van der Waals surface area contributed by atoms with Crippen molar-refractivity contribution in [2.24, 2.45) is 0 Å². The van der Waals surface area contributed by atoms with E-state index >= 15 is 0 Å². The number of rotatable bonds is 4. The molecule has 4 nitrogen and oxygen atoms in total. The summed E-state index contributed by atoms with van der Waals surface area (Å²) in [5.41, 5.74) is -1.25. The Hall–Kier alpha value is -0.160. The van der Waals surface area contributed by atoms with E-state index < -0.39 is 18.0 Å². The molecule has 12 heavy (non-hydrogen) atoms. The van der Waals surface area contributed by atoms with Crippen molar-refractivity contribution in [1.29, 1.82) is 0 Å². The monoisotopic (exact) mass is 178 g/mol. The fraction of sp³-hybridized carbons (Fsp3) is 1.00. The maximum atomic E-state index is 9.45. The first-order valence-corrected chi connectivity index (χ1v) is 3.99. The van der Waals surface area contributed by atoms with Gasteiger partial charge >= 0.3 is 0 Å². The lowest BCUT2D eigenvalue weighted by Gasteiger charge is -2.31. The summed E-state index contributed by atoms with van der Waals surface area (Å²) in [6, 6.07) is 0. The maximum Gasteiger partial charge on any atom is 0.181 e. The summed E-state index contributed by atoms with van der Waals surface area (Å²) in [5.74, 6) is 0. The molecule has 0 bridgehead atoms. The molecule has 1 unspecified atom stereocenters. The Balaban J connectivity index is 4.25. The minimum absolute atomic E-state index is 0.150. The van der Waals surface area contributed by atoms with Crippen LogP contribution in [0.25, 0.3) is 0 Å². The van der Waals surface area contributed by atoms with Gasteiger partial charge in [-0.1, -0.05) is 0 Å². The van der Waals surface area contributed by atoms with Gasteiger partial charge in [0, 0.05) is 0 Å². The van der Waals surface area contributed by atoms with Crippen LogP contribution in [0.2, 0.25) is 0 Å². The Bertz CT molecular complexity index is 126. The van der Waals surface area contributed by atoms with Crippen LogP contribution in [0.5, 0.6) is 0 Å². The third-order valence-corrected chi connectivity index (χ3v) is 1.39. The molecule has 0 radical (unpaired) electrons. The fourth-order valence-electron chi connectivity index (χ4n) is 0.895. The third-order valence-electron chi connectivity index (χ3n) is 1.39. The lowest BCUT2D eigenvalue weighted by atomic mass is 10.0. The number of hydrogen-bond acceptors (Lipinski definition) is 4. The van der Waals surface area contributed by atoms with Crippen LogP contribution in [-0.4, -0.2) is 39.4 Å². The molecule has 0 aromatic carbocycles. The molecule has 0 spiro atoms. The molecular weight excluding hydrogens is 160 g/mol. The van der Waals surface area contributed by atoms with E-state index in [-0.39, 0.29) is 6.10 Å². The van der Waals surface area contributed by atoms with Gasteiger partial charge in [-0.3, -0.25) is 0 Å². The van der Waals surface area contributed by atoms with E-state index in [1.807, 2.05) is 0 Å². The van der Waals surface area contributed by atoms with E-state index in [0.717, 1.165) is 0 Å². The Morgan fingerprint density at radius 3 is 1.67 bits per heavy atom. The standard InChI is InChI=1S/C8H18O4/c1-5(2)12-6(7(9)10)8(3,4)11/h5-7,9-11H,1-4H3. The van der Waals surface area contributed by atoms with Crippen molar-refractivity contribution >= 4 is 0 Å². The summed E-state index contributed by atoms with van der Waals surface area (Å²) in [6.07, 6.45) is -2.78. The zero-order valence-electron chi connectivity index (χ0n) is 7.98. The first kappa shape index (κ1) is 11.8. The molecule has 0 aliphatic rings. The van der Waals surface area contributed by atoms with Gasteiger partial charge in [-0.2, -0.15) is 0 Å². The van der Waals surface area contributed by atoms with Crippen molar-refractivity contribution in [2.45, 2.75) is 51.8 Å². The second-order valence-electron chi connectivity index (χ2n) is 3.67. The van der Waals surface area contributed by atoms with Crippen LogP contribution in [0.3, 0.4) is 0 Å². The van der Waals surface area contributed by atoms with Crippen molar-refractivity contribution in [1.82, 2.24) is 0 Å². The van der Waals surface area contributed by atoms with Crippen molar-refractivity contribution in [3.63, 3.8) is 0 Å². The van der Waals surface area contributed by atoms with Gasteiger partial charge in [0.25, 0.3) is 0 Å². The number of aliphatic hydroxyl groups is 3. The van der Waals surface area contributed by atoms with Gasteiger partial charge in [-0.05, 0) is 27.7 Å². The molecule has 0 aromatic heterocycles. The largest absolute Gasteiger partial charge is 0.388 e. The summed E-state index contributed by atoms with van der Waals surface area (Å²) >= 11 is 0. The summed E-state index contributed by atoms with van der Waals surface area (Å²) in [7, 11) is 0. The van der Waals surface area contributed by atoms with Crippen LogP contribution in [0.4, 0.5) is 0 Å². The highest BCUT2D eigenvalue weighted by Crippen LogP contribution is 2.16. The lowest BCUT2D eigenvalue weighted by molar-refractivity contribution is -0.216. The van der Waals surface area contributed by atoms with Crippen molar-refractivity contribution in [2.75, 3.05) is 0 Å². The topological polar surface area (TPSA) is 69.9 Å². The molecular formula is C8H18O4. The molecule has 0 amide bonds. The van der Waals surface area contributed by atoms with Gasteiger partial charge < -0.3 is 20.1 Å². The lowest BCUT2D eigenvalue weighted by Crippen LogP contribution is -2.47. The second-order valence-corrected chi connectivity index (χ2v) is 3.67. The van der Waals surface area contributed by atoms with Crippen LogP contribution in [0.1, 0.15) is 27.7 Å². The summed E-state index contributed by atoms with van der Waals surface area (Å²) < 4.78 is 5.13. The van der Waals surface area contributed by atoms with Gasteiger partial charge in [-0.25, -0.2) is 0 Å². The highest BCUT2D eigenvalue weighted by molar-refractivity contribution is 4.80. The van der Waals surface area contributed by atoms with E-state index in [0.29, 0.717) is 0 Å². The first-order chi connectivity index (χ1) is 5.25. The average molecular weight is 178 g/mol. The highest BCUT2D eigenvalue weighted by Gasteiger charge is 2.33. The van der Waals surface area contributed by atoms with Crippen molar-refractivity contribution < 1.29 is 20.1 Å². The van der Waals surface area contributed by atoms with E-state index in [1.54, 1.807) is 13.8 Å². The van der Waals surface area contributed by atoms with E-state index in [2.05, 4.69) is 0 Å². The Labute approximate surface area is 72.8 Å². The normalized spacial score (nSPS) is 15.8. The third kappa shape index (κ3) is 4.01. The van der Waals surface area contributed by atoms with Crippen LogP contribution in [0, 0.1) is 0 Å².